The van der Waals surface area contributed by atoms with Gasteiger partial charge in [-0.25, -0.2) is 8.78 Å². The zero-order chi connectivity index (χ0) is 7.98. The highest BCUT2D eigenvalue weighted by molar-refractivity contribution is 4.54. The van der Waals surface area contributed by atoms with Gasteiger partial charge in [0.1, 0.15) is 0 Å². The summed E-state index contributed by atoms with van der Waals surface area (Å²) in [6, 6.07) is 0. The summed E-state index contributed by atoms with van der Waals surface area (Å²) in [6.07, 6.45) is -1.18. The van der Waals surface area contributed by atoms with Gasteiger partial charge in [-0.15, -0.1) is 0 Å². The zero-order valence-corrected chi connectivity index (χ0v) is 6.53. The van der Waals surface area contributed by atoms with Crippen molar-refractivity contribution in [3.8, 4) is 0 Å². The summed E-state index contributed by atoms with van der Waals surface area (Å²) in [6.45, 7) is 4.61. The molecule has 0 bridgehead atoms. The predicted molar refractivity (Wildman–Crippen MR) is 38.3 cm³/mol. The number of hydrogen-bond donors (Lipinski definition) is 1. The van der Waals surface area contributed by atoms with Crippen molar-refractivity contribution in [3.05, 3.63) is 0 Å². The molecule has 0 aromatic carbocycles. The first-order valence-corrected chi connectivity index (χ1v) is 3.65. The summed E-state index contributed by atoms with van der Waals surface area (Å²) < 4.78 is 23.1. The normalized spacial score (nSPS) is 14.1. The minimum atomic E-state index is -2.22. The van der Waals surface area contributed by atoms with Gasteiger partial charge in [0.25, 0.3) is 6.43 Å². The molecule has 0 fully saturated rings. The summed E-state index contributed by atoms with van der Waals surface area (Å²) in [4.78, 5) is 0. The third-order valence-electron chi connectivity index (χ3n) is 1.49. The van der Waals surface area contributed by atoms with Crippen molar-refractivity contribution in [1.82, 2.24) is 5.32 Å². The van der Waals surface area contributed by atoms with Gasteiger partial charge in [0, 0.05) is 0 Å². The van der Waals surface area contributed by atoms with Crippen LogP contribution in [0.2, 0.25) is 0 Å². The van der Waals surface area contributed by atoms with Crippen molar-refractivity contribution in [1.29, 1.82) is 0 Å². The monoisotopic (exact) mass is 151 g/mol. The first kappa shape index (κ1) is 9.82. The Hall–Kier alpha value is -0.180. The Kier molecular flexibility index (Phi) is 5.49. The number of rotatable bonds is 5. The molecule has 62 valence electrons. The molecule has 0 aliphatic heterocycles. The minimum absolute atomic E-state index is 0.176. The van der Waals surface area contributed by atoms with Crippen LogP contribution >= 0.6 is 0 Å². The van der Waals surface area contributed by atoms with Gasteiger partial charge < -0.3 is 5.32 Å². The van der Waals surface area contributed by atoms with Crippen LogP contribution in [-0.2, 0) is 0 Å². The van der Waals surface area contributed by atoms with E-state index in [1.165, 1.54) is 0 Å². The zero-order valence-electron chi connectivity index (χ0n) is 6.53. The fourth-order valence-corrected chi connectivity index (χ4v) is 0.583. The summed E-state index contributed by atoms with van der Waals surface area (Å²) in [5.41, 5.74) is 0. The van der Waals surface area contributed by atoms with Gasteiger partial charge in [0.2, 0.25) is 0 Å². The Labute approximate surface area is 60.8 Å². The molecule has 0 rings (SSSR count). The van der Waals surface area contributed by atoms with E-state index in [1.807, 2.05) is 6.92 Å². The molecule has 0 aromatic rings. The first-order chi connectivity index (χ1) is 4.66. The van der Waals surface area contributed by atoms with Gasteiger partial charge in [-0.2, -0.15) is 0 Å². The molecule has 0 aromatic heterocycles. The van der Waals surface area contributed by atoms with E-state index in [4.69, 9.17) is 0 Å². The van der Waals surface area contributed by atoms with Gasteiger partial charge in [-0.3, -0.25) is 0 Å². The Balaban J connectivity index is 3.03. The van der Waals surface area contributed by atoms with E-state index in [0.29, 0.717) is 12.5 Å². The smallest absolute Gasteiger partial charge is 0.250 e. The van der Waals surface area contributed by atoms with Crippen molar-refractivity contribution < 1.29 is 8.78 Å². The van der Waals surface area contributed by atoms with Crippen molar-refractivity contribution >= 4 is 0 Å². The molecule has 1 unspecified atom stereocenters. The Morgan fingerprint density at radius 1 is 1.30 bits per heavy atom. The topological polar surface area (TPSA) is 12.0 Å². The van der Waals surface area contributed by atoms with Crippen LogP contribution in [0.4, 0.5) is 8.78 Å². The Morgan fingerprint density at radius 3 is 2.30 bits per heavy atom. The highest BCUT2D eigenvalue weighted by Crippen LogP contribution is 1.97. The van der Waals surface area contributed by atoms with Crippen molar-refractivity contribution in [2.75, 3.05) is 13.1 Å². The molecular weight excluding hydrogens is 136 g/mol. The van der Waals surface area contributed by atoms with Gasteiger partial charge in [0.15, 0.2) is 0 Å². The van der Waals surface area contributed by atoms with Crippen LogP contribution in [0.5, 0.6) is 0 Å². The predicted octanol–water partition coefficient (Wildman–Crippen LogP) is 1.89. The summed E-state index contributed by atoms with van der Waals surface area (Å²) in [5, 5.41) is 2.69. The third kappa shape index (κ3) is 5.95. The van der Waals surface area contributed by atoms with Crippen LogP contribution in [0.15, 0.2) is 0 Å². The average molecular weight is 151 g/mol. The second-order valence-corrected chi connectivity index (χ2v) is 2.56. The molecule has 0 saturated carbocycles. The van der Waals surface area contributed by atoms with E-state index < -0.39 is 6.43 Å². The van der Waals surface area contributed by atoms with Gasteiger partial charge in [-0.05, 0) is 12.5 Å². The molecule has 0 aliphatic carbocycles. The van der Waals surface area contributed by atoms with Crippen LogP contribution in [0.25, 0.3) is 0 Å². The van der Waals surface area contributed by atoms with Crippen LogP contribution < -0.4 is 5.32 Å². The lowest BCUT2D eigenvalue weighted by Gasteiger charge is -2.08. The minimum Gasteiger partial charge on any atom is -0.311 e. The number of halogens is 2. The van der Waals surface area contributed by atoms with Crippen LogP contribution in [0.3, 0.4) is 0 Å². The highest BCUT2D eigenvalue weighted by Gasteiger charge is 2.02. The van der Waals surface area contributed by atoms with Crippen LogP contribution in [0, 0.1) is 5.92 Å². The second-order valence-electron chi connectivity index (χ2n) is 2.56. The van der Waals surface area contributed by atoms with Crippen molar-refractivity contribution in [3.63, 3.8) is 0 Å². The van der Waals surface area contributed by atoms with Crippen LogP contribution in [0.1, 0.15) is 20.3 Å². The standard InChI is InChI=1S/C7H15F2N/c1-3-6(2)4-10-5-7(8)9/h6-7,10H,3-5H2,1-2H3. The molecule has 1 nitrogen and oxygen atoms in total. The van der Waals surface area contributed by atoms with Crippen LogP contribution in [-0.4, -0.2) is 19.5 Å². The lowest BCUT2D eigenvalue weighted by atomic mass is 10.1. The van der Waals surface area contributed by atoms with E-state index in [0.717, 1.165) is 6.42 Å². The van der Waals surface area contributed by atoms with E-state index in [-0.39, 0.29) is 6.54 Å². The molecule has 0 radical (unpaired) electrons. The lowest BCUT2D eigenvalue weighted by molar-refractivity contribution is 0.144. The average Bonchev–Trinajstić information content (AvgIpc) is 1.87. The second kappa shape index (κ2) is 5.59. The maximum atomic E-state index is 11.5. The van der Waals surface area contributed by atoms with Gasteiger partial charge in [-0.1, -0.05) is 20.3 Å². The lowest BCUT2D eigenvalue weighted by Crippen LogP contribution is -2.25. The maximum absolute atomic E-state index is 11.5. The molecule has 1 atom stereocenters. The third-order valence-corrected chi connectivity index (χ3v) is 1.49. The van der Waals surface area contributed by atoms with E-state index in [1.54, 1.807) is 0 Å². The molecule has 0 amide bonds. The highest BCUT2D eigenvalue weighted by atomic mass is 19.3. The quantitative estimate of drug-likeness (QED) is 0.632. The fraction of sp³-hybridized carbons (Fsp3) is 1.00. The number of hydrogen-bond acceptors (Lipinski definition) is 1. The van der Waals surface area contributed by atoms with Gasteiger partial charge in [0.05, 0.1) is 6.54 Å². The number of nitrogens with one attached hydrogen (secondary N) is 1. The summed E-state index contributed by atoms with van der Waals surface area (Å²) in [7, 11) is 0. The molecule has 3 heteroatoms. The number of alkyl halides is 2. The molecule has 1 N–H and O–H groups in total. The SMILES string of the molecule is CCC(C)CNCC(F)F. The molecular formula is C7H15F2N. The molecule has 0 spiro atoms. The van der Waals surface area contributed by atoms with Crippen molar-refractivity contribution in [2.24, 2.45) is 5.92 Å². The van der Waals surface area contributed by atoms with Crippen molar-refractivity contribution in [2.45, 2.75) is 26.7 Å². The molecule has 0 heterocycles. The Morgan fingerprint density at radius 2 is 1.90 bits per heavy atom. The fourth-order valence-electron chi connectivity index (χ4n) is 0.583. The molecule has 0 aliphatic rings. The van der Waals surface area contributed by atoms with E-state index in [9.17, 15) is 8.78 Å². The largest absolute Gasteiger partial charge is 0.311 e. The van der Waals surface area contributed by atoms with E-state index >= 15 is 0 Å². The van der Waals surface area contributed by atoms with Gasteiger partial charge >= 0.3 is 0 Å². The summed E-state index contributed by atoms with van der Waals surface area (Å²) >= 11 is 0. The molecule has 0 saturated heterocycles. The Bertz CT molecular complexity index is 76.0. The summed E-state index contributed by atoms with van der Waals surface area (Å²) in [5.74, 6) is 0.499. The van der Waals surface area contributed by atoms with E-state index in [2.05, 4.69) is 12.2 Å². The first-order valence-electron chi connectivity index (χ1n) is 3.65. The molecule has 10 heavy (non-hydrogen) atoms. The maximum Gasteiger partial charge on any atom is 0.250 e.